The van der Waals surface area contributed by atoms with Crippen molar-refractivity contribution in [2.75, 3.05) is 5.32 Å². The highest BCUT2D eigenvalue weighted by Gasteiger charge is 2.25. The highest BCUT2D eigenvalue weighted by atomic mass is 16.6. The summed E-state index contributed by atoms with van der Waals surface area (Å²) in [6.45, 7) is 5.62. The quantitative estimate of drug-likeness (QED) is 0.395. The Labute approximate surface area is 177 Å². The van der Waals surface area contributed by atoms with Gasteiger partial charge in [-0.25, -0.2) is 0 Å². The molecule has 1 aliphatic rings. The Morgan fingerprint density at radius 3 is 2.40 bits per heavy atom. The molecule has 6 nitrogen and oxygen atoms in total. The second kappa shape index (κ2) is 8.69. The van der Waals surface area contributed by atoms with E-state index < -0.39 is 5.60 Å². The van der Waals surface area contributed by atoms with E-state index in [0.717, 1.165) is 24.8 Å². The zero-order chi connectivity index (χ0) is 21.9. The lowest BCUT2D eigenvalue weighted by Gasteiger charge is -2.26. The first-order chi connectivity index (χ1) is 14.1. The minimum absolute atomic E-state index is 0.0106. The SMILES string of the molecule is CC(C)(C)OC(=O)CC1CCc2ccc(C(=O)Nc3ccc(C(=N)N)cc3)cc2C1. The average Bonchev–Trinajstić information content (AvgIpc) is 2.66. The van der Waals surface area contributed by atoms with Crippen molar-refractivity contribution in [2.24, 2.45) is 11.7 Å². The third-order valence-electron chi connectivity index (χ3n) is 5.13. The maximum atomic E-state index is 12.7. The molecule has 2 aromatic rings. The molecule has 1 amide bonds. The van der Waals surface area contributed by atoms with Crippen molar-refractivity contribution in [1.82, 2.24) is 0 Å². The van der Waals surface area contributed by atoms with Crippen LogP contribution >= 0.6 is 0 Å². The molecule has 4 N–H and O–H groups in total. The lowest BCUT2D eigenvalue weighted by molar-refractivity contribution is -0.156. The molecule has 1 aliphatic carbocycles. The number of hydrogen-bond donors (Lipinski definition) is 3. The molecule has 0 fully saturated rings. The van der Waals surface area contributed by atoms with Crippen LogP contribution in [0.1, 0.15) is 60.7 Å². The van der Waals surface area contributed by atoms with Gasteiger partial charge in [-0.05, 0) is 93.5 Å². The van der Waals surface area contributed by atoms with Crippen molar-refractivity contribution >= 4 is 23.4 Å². The number of carbonyl (C=O) groups is 2. The Hall–Kier alpha value is -3.15. The van der Waals surface area contributed by atoms with Crippen LogP contribution in [0, 0.1) is 11.3 Å². The zero-order valence-corrected chi connectivity index (χ0v) is 17.7. The van der Waals surface area contributed by atoms with Gasteiger partial charge in [-0.3, -0.25) is 15.0 Å². The van der Waals surface area contributed by atoms with E-state index in [0.29, 0.717) is 23.2 Å². The molecular formula is C24H29N3O3. The number of nitrogens with two attached hydrogens (primary N) is 1. The Balaban J connectivity index is 1.66. The molecule has 0 heterocycles. The third kappa shape index (κ3) is 5.69. The summed E-state index contributed by atoms with van der Waals surface area (Å²) in [5.41, 5.74) is 9.18. The fraction of sp³-hybridized carbons (Fsp3) is 0.375. The van der Waals surface area contributed by atoms with Crippen LogP contribution in [0.25, 0.3) is 0 Å². The summed E-state index contributed by atoms with van der Waals surface area (Å²) in [4.78, 5) is 24.9. The van der Waals surface area contributed by atoms with Crippen LogP contribution in [0.3, 0.4) is 0 Å². The molecule has 6 heteroatoms. The predicted molar refractivity (Wildman–Crippen MR) is 118 cm³/mol. The van der Waals surface area contributed by atoms with Gasteiger partial charge in [0.05, 0.1) is 0 Å². The van der Waals surface area contributed by atoms with Crippen LogP contribution in [0.5, 0.6) is 0 Å². The highest BCUT2D eigenvalue weighted by molar-refractivity contribution is 6.04. The maximum Gasteiger partial charge on any atom is 0.306 e. The smallest absolute Gasteiger partial charge is 0.306 e. The van der Waals surface area contributed by atoms with Crippen LogP contribution in [0.2, 0.25) is 0 Å². The molecule has 30 heavy (non-hydrogen) atoms. The lowest BCUT2D eigenvalue weighted by Crippen LogP contribution is -2.27. The van der Waals surface area contributed by atoms with E-state index in [2.05, 4.69) is 5.32 Å². The van der Waals surface area contributed by atoms with E-state index in [9.17, 15) is 9.59 Å². The molecule has 1 atom stereocenters. The molecule has 0 radical (unpaired) electrons. The van der Waals surface area contributed by atoms with E-state index in [1.165, 1.54) is 5.56 Å². The summed E-state index contributed by atoms with van der Waals surface area (Å²) in [5.74, 6) is -0.144. The van der Waals surface area contributed by atoms with E-state index >= 15 is 0 Å². The van der Waals surface area contributed by atoms with Gasteiger partial charge in [-0.2, -0.15) is 0 Å². The Morgan fingerprint density at radius 1 is 1.10 bits per heavy atom. The molecular weight excluding hydrogens is 378 g/mol. The fourth-order valence-electron chi connectivity index (χ4n) is 3.70. The number of nitrogens with one attached hydrogen (secondary N) is 2. The van der Waals surface area contributed by atoms with Crippen molar-refractivity contribution in [2.45, 2.75) is 52.1 Å². The molecule has 0 saturated carbocycles. The molecule has 0 aliphatic heterocycles. The van der Waals surface area contributed by atoms with Crippen LogP contribution in [0.4, 0.5) is 5.69 Å². The number of carbonyl (C=O) groups excluding carboxylic acids is 2. The standard InChI is InChI=1S/C24H29N3O3/c1-24(2,3)30-21(28)13-15-4-5-16-6-7-18(14-19(16)12-15)23(29)27-20-10-8-17(9-11-20)22(25)26/h6-11,14-15H,4-5,12-13H2,1-3H3,(H3,25,26)(H,27,29). The van der Waals surface area contributed by atoms with Crippen molar-refractivity contribution < 1.29 is 14.3 Å². The number of anilines is 1. The van der Waals surface area contributed by atoms with Gasteiger partial charge in [-0.15, -0.1) is 0 Å². The first-order valence-corrected chi connectivity index (χ1v) is 10.2. The second-order valence-electron chi connectivity index (χ2n) is 8.83. The second-order valence-corrected chi connectivity index (χ2v) is 8.83. The Morgan fingerprint density at radius 2 is 1.77 bits per heavy atom. The number of fused-ring (bicyclic) bond motifs is 1. The first kappa shape index (κ1) is 21.6. The largest absolute Gasteiger partial charge is 0.460 e. The number of benzene rings is 2. The summed E-state index contributed by atoms with van der Waals surface area (Å²) in [6, 6.07) is 12.6. The number of esters is 1. The van der Waals surface area contributed by atoms with Gasteiger partial charge in [0.1, 0.15) is 11.4 Å². The van der Waals surface area contributed by atoms with Gasteiger partial charge in [0.25, 0.3) is 5.91 Å². The number of nitrogen functional groups attached to an aromatic ring is 1. The minimum atomic E-state index is -0.475. The summed E-state index contributed by atoms with van der Waals surface area (Å²) in [5, 5.41) is 10.3. The van der Waals surface area contributed by atoms with Crippen LogP contribution in [0.15, 0.2) is 42.5 Å². The normalized spacial score (nSPS) is 15.8. The van der Waals surface area contributed by atoms with Gasteiger partial charge in [0, 0.05) is 23.2 Å². The molecule has 1 unspecified atom stereocenters. The molecule has 0 bridgehead atoms. The zero-order valence-electron chi connectivity index (χ0n) is 17.7. The number of rotatable bonds is 5. The van der Waals surface area contributed by atoms with Crippen LogP contribution in [-0.4, -0.2) is 23.3 Å². The molecule has 2 aromatic carbocycles. The van der Waals surface area contributed by atoms with Crippen molar-refractivity contribution in [1.29, 1.82) is 5.41 Å². The Kier molecular flexibility index (Phi) is 6.25. The lowest BCUT2D eigenvalue weighted by atomic mass is 9.81. The van der Waals surface area contributed by atoms with Gasteiger partial charge >= 0.3 is 5.97 Å². The fourth-order valence-corrected chi connectivity index (χ4v) is 3.70. The summed E-state index contributed by atoms with van der Waals surface area (Å²) in [6.07, 6.45) is 3.01. The molecule has 3 rings (SSSR count). The summed E-state index contributed by atoms with van der Waals surface area (Å²) >= 11 is 0. The van der Waals surface area contributed by atoms with E-state index in [1.54, 1.807) is 24.3 Å². The van der Waals surface area contributed by atoms with Gasteiger partial charge < -0.3 is 15.8 Å². The monoisotopic (exact) mass is 407 g/mol. The van der Waals surface area contributed by atoms with E-state index in [-0.39, 0.29) is 23.6 Å². The van der Waals surface area contributed by atoms with Crippen LogP contribution < -0.4 is 11.1 Å². The third-order valence-corrected chi connectivity index (χ3v) is 5.13. The minimum Gasteiger partial charge on any atom is -0.460 e. The van der Waals surface area contributed by atoms with Gasteiger partial charge in [0.2, 0.25) is 0 Å². The van der Waals surface area contributed by atoms with E-state index in [1.807, 2.05) is 39.0 Å². The van der Waals surface area contributed by atoms with Gasteiger partial charge in [0.15, 0.2) is 0 Å². The average molecular weight is 408 g/mol. The molecule has 0 aromatic heterocycles. The van der Waals surface area contributed by atoms with Gasteiger partial charge in [-0.1, -0.05) is 6.07 Å². The predicted octanol–water partition coefficient (Wildman–Crippen LogP) is 4.06. The number of aryl methyl sites for hydroxylation is 1. The highest BCUT2D eigenvalue weighted by Crippen LogP contribution is 2.29. The van der Waals surface area contributed by atoms with Crippen LogP contribution in [-0.2, 0) is 22.4 Å². The van der Waals surface area contributed by atoms with Crippen molar-refractivity contribution in [3.8, 4) is 0 Å². The summed E-state index contributed by atoms with van der Waals surface area (Å²) in [7, 11) is 0. The van der Waals surface area contributed by atoms with E-state index in [4.69, 9.17) is 15.9 Å². The number of ether oxygens (including phenoxy) is 1. The Bertz CT molecular complexity index is 959. The number of amidine groups is 1. The molecule has 0 spiro atoms. The summed E-state index contributed by atoms with van der Waals surface area (Å²) < 4.78 is 5.46. The maximum absolute atomic E-state index is 12.7. The van der Waals surface area contributed by atoms with Crippen molar-refractivity contribution in [3.63, 3.8) is 0 Å². The number of hydrogen-bond acceptors (Lipinski definition) is 4. The molecule has 0 saturated heterocycles. The first-order valence-electron chi connectivity index (χ1n) is 10.2. The van der Waals surface area contributed by atoms with Crippen molar-refractivity contribution in [3.05, 3.63) is 64.7 Å². The topological polar surface area (TPSA) is 105 Å². The molecule has 158 valence electrons. The number of amides is 1.